The number of benzene rings is 1. The van der Waals surface area contributed by atoms with E-state index in [-0.39, 0.29) is 30.4 Å². The van der Waals surface area contributed by atoms with Crippen LogP contribution in [0.3, 0.4) is 0 Å². The van der Waals surface area contributed by atoms with E-state index < -0.39 is 5.54 Å². The van der Waals surface area contributed by atoms with Gasteiger partial charge in [-0.2, -0.15) is 0 Å². The molecule has 6 nitrogen and oxygen atoms in total. The lowest BCUT2D eigenvalue weighted by atomic mass is 9.98. The van der Waals surface area contributed by atoms with Crippen LogP contribution in [0.15, 0.2) is 29.1 Å². The average molecular weight is 365 g/mol. The Labute approximate surface area is 151 Å². The Morgan fingerprint density at radius 3 is 2.52 bits per heavy atom. The number of nitrogens with zero attached hydrogens (tertiary/aromatic N) is 2. The van der Waals surface area contributed by atoms with Crippen molar-refractivity contribution >= 4 is 17.4 Å². The maximum atomic E-state index is 12.5. The molecule has 0 saturated carbocycles. The van der Waals surface area contributed by atoms with Gasteiger partial charge in [-0.05, 0) is 51.5 Å². The molecule has 134 valence electrons. The Morgan fingerprint density at radius 1 is 1.28 bits per heavy atom. The zero-order chi connectivity index (χ0) is 18.8. The first-order chi connectivity index (χ1) is 11.6. The molecule has 7 heteroatoms. The van der Waals surface area contributed by atoms with Crippen molar-refractivity contribution in [3.63, 3.8) is 0 Å². The predicted octanol–water partition coefficient (Wildman–Crippen LogP) is 2.89. The topological polar surface area (TPSA) is 81.4 Å². The van der Waals surface area contributed by atoms with Gasteiger partial charge in [0.2, 0.25) is 5.88 Å². The molecule has 0 atom stereocenters. The fourth-order valence-electron chi connectivity index (χ4n) is 2.41. The van der Waals surface area contributed by atoms with E-state index in [4.69, 9.17) is 21.4 Å². The third-order valence-corrected chi connectivity index (χ3v) is 3.75. The van der Waals surface area contributed by atoms with Gasteiger partial charge in [0.25, 0.3) is 5.56 Å². The highest BCUT2D eigenvalue weighted by Gasteiger charge is 2.22. The first kappa shape index (κ1) is 19.1. The number of ether oxygens (including phenoxy) is 1. The van der Waals surface area contributed by atoms with Gasteiger partial charge in [-0.1, -0.05) is 11.6 Å². The number of Topliss-reactive ketones (excluding diaryl/α,β-unsaturated/α-hetero) is 1. The van der Waals surface area contributed by atoms with E-state index in [9.17, 15) is 9.59 Å². The molecule has 2 aromatic rings. The molecule has 1 N–H and O–H groups in total. The molecule has 1 aromatic heterocycles. The quantitative estimate of drug-likeness (QED) is 0.825. The van der Waals surface area contributed by atoms with E-state index in [2.05, 4.69) is 5.10 Å². The van der Waals surface area contributed by atoms with Crippen LogP contribution in [0.25, 0.3) is 11.1 Å². The Morgan fingerprint density at radius 2 is 1.96 bits per heavy atom. The lowest BCUT2D eigenvalue weighted by Gasteiger charge is -2.22. The van der Waals surface area contributed by atoms with Crippen molar-refractivity contribution in [3.05, 3.63) is 45.2 Å². The van der Waals surface area contributed by atoms with Gasteiger partial charge >= 0.3 is 0 Å². The third-order valence-electron chi connectivity index (χ3n) is 3.51. The summed E-state index contributed by atoms with van der Waals surface area (Å²) in [4.78, 5) is 24.5. The van der Waals surface area contributed by atoms with Crippen molar-refractivity contribution in [2.45, 2.75) is 33.2 Å². The van der Waals surface area contributed by atoms with E-state index in [1.165, 1.54) is 17.7 Å². The third kappa shape index (κ3) is 4.27. The van der Waals surface area contributed by atoms with Crippen molar-refractivity contribution in [2.24, 2.45) is 0 Å². The molecule has 0 unspecified atom stereocenters. The van der Waals surface area contributed by atoms with Gasteiger partial charge in [-0.3, -0.25) is 9.59 Å². The second-order valence-electron chi connectivity index (χ2n) is 6.60. The number of hydrogen-bond donors (Lipinski definition) is 1. The highest BCUT2D eigenvalue weighted by Crippen LogP contribution is 2.32. The smallest absolute Gasteiger partial charge is 0.268 e. The minimum Gasteiger partial charge on any atom is -0.474 e. The molecule has 0 aliphatic carbocycles. The van der Waals surface area contributed by atoms with Gasteiger partial charge < -0.3 is 9.84 Å². The largest absolute Gasteiger partial charge is 0.474 e. The average Bonchev–Trinajstić information content (AvgIpc) is 2.51. The van der Waals surface area contributed by atoms with E-state index in [0.717, 1.165) is 0 Å². The summed E-state index contributed by atoms with van der Waals surface area (Å²) in [5.74, 6) is -0.00637. The first-order valence-electron chi connectivity index (χ1n) is 7.84. The van der Waals surface area contributed by atoms with Crippen LogP contribution in [-0.4, -0.2) is 33.9 Å². The zero-order valence-corrected chi connectivity index (χ0v) is 15.4. The molecular formula is C18H21ClN2O4. The van der Waals surface area contributed by atoms with Crippen molar-refractivity contribution in [1.29, 1.82) is 0 Å². The van der Waals surface area contributed by atoms with Crippen molar-refractivity contribution in [2.75, 3.05) is 13.2 Å². The summed E-state index contributed by atoms with van der Waals surface area (Å²) in [6.45, 7) is 6.78. The number of aliphatic hydroxyl groups excluding tert-OH is 1. The molecule has 0 aliphatic heterocycles. The summed E-state index contributed by atoms with van der Waals surface area (Å²) in [7, 11) is 0. The van der Waals surface area contributed by atoms with Crippen LogP contribution >= 0.6 is 11.6 Å². The SMILES string of the molecule is CC(=O)c1ccc(Cl)cc1-c1cc(=O)n(C(C)(C)C)nc1OCCO. The summed E-state index contributed by atoms with van der Waals surface area (Å²) < 4.78 is 6.84. The van der Waals surface area contributed by atoms with Crippen molar-refractivity contribution in [3.8, 4) is 17.0 Å². The highest BCUT2D eigenvalue weighted by atomic mass is 35.5. The molecule has 0 aliphatic rings. The van der Waals surface area contributed by atoms with E-state index in [1.54, 1.807) is 18.2 Å². The van der Waals surface area contributed by atoms with Crippen LogP contribution in [0.4, 0.5) is 0 Å². The number of carbonyl (C=O) groups is 1. The van der Waals surface area contributed by atoms with E-state index in [1.807, 2.05) is 20.8 Å². The van der Waals surface area contributed by atoms with Gasteiger partial charge in [0.05, 0.1) is 17.7 Å². The molecule has 2 rings (SSSR count). The zero-order valence-electron chi connectivity index (χ0n) is 14.7. The molecule has 0 saturated heterocycles. The maximum absolute atomic E-state index is 12.5. The first-order valence-corrected chi connectivity index (χ1v) is 8.22. The minimum atomic E-state index is -0.551. The lowest BCUT2D eigenvalue weighted by molar-refractivity contribution is 0.101. The molecule has 1 heterocycles. The van der Waals surface area contributed by atoms with Crippen LogP contribution in [0.1, 0.15) is 38.1 Å². The fourth-order valence-corrected chi connectivity index (χ4v) is 2.58. The number of rotatable bonds is 5. The number of aliphatic hydroxyl groups is 1. The Hall–Kier alpha value is -2.18. The second kappa shape index (κ2) is 7.37. The Balaban J connectivity index is 2.77. The summed E-state index contributed by atoms with van der Waals surface area (Å²) in [5, 5.41) is 13.8. The molecule has 0 amide bonds. The van der Waals surface area contributed by atoms with Crippen LogP contribution in [0.2, 0.25) is 5.02 Å². The van der Waals surface area contributed by atoms with Crippen molar-refractivity contribution < 1.29 is 14.6 Å². The number of halogens is 1. The van der Waals surface area contributed by atoms with Gasteiger partial charge in [0, 0.05) is 16.7 Å². The summed E-state index contributed by atoms with van der Waals surface area (Å²) >= 11 is 6.08. The van der Waals surface area contributed by atoms with E-state index >= 15 is 0 Å². The maximum Gasteiger partial charge on any atom is 0.268 e. The van der Waals surface area contributed by atoms with Gasteiger partial charge in [0.1, 0.15) is 6.61 Å². The number of ketones is 1. The van der Waals surface area contributed by atoms with E-state index in [0.29, 0.717) is 21.7 Å². The number of aromatic nitrogens is 2. The van der Waals surface area contributed by atoms with Crippen LogP contribution in [-0.2, 0) is 5.54 Å². The molecule has 1 aromatic carbocycles. The number of carbonyl (C=O) groups excluding carboxylic acids is 1. The Bertz CT molecular complexity index is 853. The lowest BCUT2D eigenvalue weighted by Crippen LogP contribution is -2.36. The minimum absolute atomic E-state index is 0.0122. The molecule has 0 bridgehead atoms. The Kier molecular flexibility index (Phi) is 5.65. The standard InChI is InChI=1S/C18H21ClN2O4/c1-11(23)13-6-5-12(19)9-14(13)15-10-16(24)21(18(2,3)4)20-17(15)25-8-7-22/h5-6,9-10,22H,7-8H2,1-4H3. The number of hydrogen-bond acceptors (Lipinski definition) is 5. The van der Waals surface area contributed by atoms with Gasteiger partial charge in [0.15, 0.2) is 5.78 Å². The fraction of sp³-hybridized carbons (Fsp3) is 0.389. The monoisotopic (exact) mass is 364 g/mol. The predicted molar refractivity (Wildman–Crippen MR) is 96.5 cm³/mol. The van der Waals surface area contributed by atoms with Gasteiger partial charge in [-0.15, -0.1) is 5.10 Å². The molecule has 0 radical (unpaired) electrons. The van der Waals surface area contributed by atoms with Crippen LogP contribution in [0.5, 0.6) is 5.88 Å². The molecule has 0 spiro atoms. The van der Waals surface area contributed by atoms with Gasteiger partial charge in [-0.25, -0.2) is 4.68 Å². The summed E-state index contributed by atoms with van der Waals surface area (Å²) in [6, 6.07) is 6.19. The van der Waals surface area contributed by atoms with Crippen LogP contribution in [0, 0.1) is 0 Å². The molecule has 0 fully saturated rings. The molecular weight excluding hydrogens is 344 g/mol. The molecule has 25 heavy (non-hydrogen) atoms. The summed E-state index contributed by atoms with van der Waals surface area (Å²) in [5.41, 5.74) is 0.372. The summed E-state index contributed by atoms with van der Waals surface area (Å²) in [6.07, 6.45) is 0. The normalized spacial score (nSPS) is 11.4. The van der Waals surface area contributed by atoms with Crippen molar-refractivity contribution in [1.82, 2.24) is 9.78 Å². The second-order valence-corrected chi connectivity index (χ2v) is 7.04. The highest BCUT2D eigenvalue weighted by molar-refractivity contribution is 6.31. The van der Waals surface area contributed by atoms with Crippen LogP contribution < -0.4 is 10.3 Å².